The molecule has 20 heavy (non-hydrogen) atoms. The second-order valence-corrected chi connectivity index (χ2v) is 5.50. The van der Waals surface area contributed by atoms with E-state index < -0.39 is 0 Å². The van der Waals surface area contributed by atoms with Crippen LogP contribution in [0.5, 0.6) is 5.75 Å². The number of hydrogen-bond donors (Lipinski definition) is 1. The first-order chi connectivity index (χ1) is 9.78. The first-order valence-corrected chi connectivity index (χ1v) is 7.64. The van der Waals surface area contributed by atoms with E-state index in [1.807, 2.05) is 30.3 Å². The van der Waals surface area contributed by atoms with Crippen LogP contribution >= 0.6 is 0 Å². The van der Waals surface area contributed by atoms with Crippen molar-refractivity contribution in [2.24, 2.45) is 5.73 Å². The standard InChI is InChI=1S/C16H27N3O/c1-15(20-16-5-3-2-4-6-16)7-9-18-11-13-19(10-8-17)14-12-18/h2-6,15H,7-14,17H2,1H3. The van der Waals surface area contributed by atoms with Crippen LogP contribution in [0.1, 0.15) is 13.3 Å². The van der Waals surface area contributed by atoms with Gasteiger partial charge in [0.05, 0.1) is 6.10 Å². The first-order valence-electron chi connectivity index (χ1n) is 7.64. The minimum Gasteiger partial charge on any atom is -0.491 e. The van der Waals surface area contributed by atoms with Gasteiger partial charge in [-0.25, -0.2) is 0 Å². The number of rotatable bonds is 7. The van der Waals surface area contributed by atoms with Crippen molar-refractivity contribution in [3.8, 4) is 5.75 Å². The van der Waals surface area contributed by atoms with Crippen LogP contribution in [0.25, 0.3) is 0 Å². The predicted molar refractivity (Wildman–Crippen MR) is 83.1 cm³/mol. The van der Waals surface area contributed by atoms with Crippen molar-refractivity contribution in [2.75, 3.05) is 45.8 Å². The van der Waals surface area contributed by atoms with Crippen molar-refractivity contribution in [1.29, 1.82) is 0 Å². The zero-order valence-corrected chi connectivity index (χ0v) is 12.5. The molecule has 2 rings (SSSR count). The summed E-state index contributed by atoms with van der Waals surface area (Å²) in [6, 6.07) is 10.1. The highest BCUT2D eigenvalue weighted by Crippen LogP contribution is 2.13. The van der Waals surface area contributed by atoms with Crippen molar-refractivity contribution in [2.45, 2.75) is 19.4 Å². The van der Waals surface area contributed by atoms with Gasteiger partial charge in [-0.3, -0.25) is 4.90 Å². The van der Waals surface area contributed by atoms with Crippen LogP contribution in [0.2, 0.25) is 0 Å². The molecule has 0 radical (unpaired) electrons. The zero-order valence-electron chi connectivity index (χ0n) is 12.5. The zero-order chi connectivity index (χ0) is 14.2. The number of benzene rings is 1. The van der Waals surface area contributed by atoms with E-state index in [2.05, 4.69) is 16.7 Å². The maximum Gasteiger partial charge on any atom is 0.119 e. The Morgan fingerprint density at radius 2 is 1.65 bits per heavy atom. The van der Waals surface area contributed by atoms with Gasteiger partial charge in [-0.15, -0.1) is 0 Å². The number of nitrogens with zero attached hydrogens (tertiary/aromatic N) is 2. The van der Waals surface area contributed by atoms with Crippen molar-refractivity contribution in [3.63, 3.8) is 0 Å². The third-order valence-electron chi connectivity index (χ3n) is 3.84. The summed E-state index contributed by atoms with van der Waals surface area (Å²) in [6.07, 6.45) is 1.34. The molecule has 0 bridgehead atoms. The van der Waals surface area contributed by atoms with E-state index in [1.165, 1.54) is 0 Å². The van der Waals surface area contributed by atoms with Gasteiger partial charge in [-0.1, -0.05) is 18.2 Å². The Balaban J connectivity index is 1.63. The van der Waals surface area contributed by atoms with E-state index in [1.54, 1.807) is 0 Å². The number of para-hydroxylation sites is 1. The minimum atomic E-state index is 0.263. The molecule has 0 amide bonds. The highest BCUT2D eigenvalue weighted by atomic mass is 16.5. The first kappa shape index (κ1) is 15.3. The van der Waals surface area contributed by atoms with Gasteiger partial charge in [0.1, 0.15) is 5.75 Å². The van der Waals surface area contributed by atoms with Gasteiger partial charge in [0.25, 0.3) is 0 Å². The molecule has 1 unspecified atom stereocenters. The molecule has 0 spiro atoms. The molecule has 4 heteroatoms. The monoisotopic (exact) mass is 277 g/mol. The molecular weight excluding hydrogens is 250 g/mol. The van der Waals surface area contributed by atoms with Crippen LogP contribution in [-0.4, -0.2) is 61.7 Å². The summed E-state index contributed by atoms with van der Waals surface area (Å²) in [6.45, 7) is 9.65. The number of hydrogen-bond acceptors (Lipinski definition) is 4. The van der Waals surface area contributed by atoms with Gasteiger partial charge in [0, 0.05) is 45.8 Å². The third-order valence-corrected chi connectivity index (χ3v) is 3.84. The van der Waals surface area contributed by atoms with Gasteiger partial charge in [0.15, 0.2) is 0 Å². The molecule has 0 aromatic heterocycles. The summed E-state index contributed by atoms with van der Waals surface area (Å²) in [4.78, 5) is 4.97. The lowest BCUT2D eigenvalue weighted by atomic mass is 10.2. The number of ether oxygens (including phenoxy) is 1. The quantitative estimate of drug-likeness (QED) is 0.818. The average molecular weight is 277 g/mol. The molecule has 1 fully saturated rings. The molecule has 1 aliphatic rings. The van der Waals surface area contributed by atoms with Crippen LogP contribution < -0.4 is 10.5 Å². The molecule has 0 saturated carbocycles. The van der Waals surface area contributed by atoms with Crippen LogP contribution in [-0.2, 0) is 0 Å². The highest BCUT2D eigenvalue weighted by Gasteiger charge is 2.16. The SMILES string of the molecule is CC(CCN1CCN(CCN)CC1)Oc1ccccc1. The van der Waals surface area contributed by atoms with Gasteiger partial charge >= 0.3 is 0 Å². The Morgan fingerprint density at radius 1 is 1.05 bits per heavy atom. The second kappa shape index (κ2) is 8.25. The topological polar surface area (TPSA) is 41.7 Å². The van der Waals surface area contributed by atoms with E-state index in [0.29, 0.717) is 0 Å². The lowest BCUT2D eigenvalue weighted by molar-refractivity contribution is 0.116. The Morgan fingerprint density at radius 3 is 2.25 bits per heavy atom. The summed E-state index contributed by atoms with van der Waals surface area (Å²) in [5, 5.41) is 0. The van der Waals surface area contributed by atoms with Crippen molar-refractivity contribution >= 4 is 0 Å². The van der Waals surface area contributed by atoms with Gasteiger partial charge in [-0.2, -0.15) is 0 Å². The predicted octanol–water partition coefficient (Wildman–Crippen LogP) is 1.42. The molecule has 4 nitrogen and oxygen atoms in total. The van der Waals surface area contributed by atoms with Crippen molar-refractivity contribution in [3.05, 3.63) is 30.3 Å². The highest BCUT2D eigenvalue weighted by molar-refractivity contribution is 5.21. The largest absolute Gasteiger partial charge is 0.491 e. The van der Waals surface area contributed by atoms with Crippen LogP contribution in [0.15, 0.2) is 30.3 Å². The molecule has 112 valence electrons. The van der Waals surface area contributed by atoms with Gasteiger partial charge in [0.2, 0.25) is 0 Å². The van der Waals surface area contributed by atoms with Gasteiger partial charge in [-0.05, 0) is 25.5 Å². The normalized spacial score (nSPS) is 18.9. The third kappa shape index (κ3) is 5.12. The summed E-state index contributed by atoms with van der Waals surface area (Å²) >= 11 is 0. The van der Waals surface area contributed by atoms with E-state index >= 15 is 0 Å². The molecule has 1 atom stereocenters. The fraction of sp³-hybridized carbons (Fsp3) is 0.625. The maximum atomic E-state index is 5.91. The molecule has 1 aliphatic heterocycles. The lowest BCUT2D eigenvalue weighted by Crippen LogP contribution is -2.48. The van der Waals surface area contributed by atoms with E-state index in [0.717, 1.165) is 58.0 Å². The van der Waals surface area contributed by atoms with E-state index in [4.69, 9.17) is 10.5 Å². The Kier molecular flexibility index (Phi) is 6.30. The fourth-order valence-electron chi connectivity index (χ4n) is 2.57. The second-order valence-electron chi connectivity index (χ2n) is 5.50. The van der Waals surface area contributed by atoms with Crippen LogP contribution in [0.4, 0.5) is 0 Å². The Bertz CT molecular complexity index is 363. The number of nitrogens with two attached hydrogens (primary N) is 1. The molecule has 1 aromatic carbocycles. The number of piperazine rings is 1. The summed E-state index contributed by atoms with van der Waals surface area (Å²) in [5.74, 6) is 0.966. The maximum absolute atomic E-state index is 5.91. The molecular formula is C16H27N3O. The smallest absolute Gasteiger partial charge is 0.119 e. The molecule has 0 aliphatic carbocycles. The summed E-state index contributed by atoms with van der Waals surface area (Å²) in [5.41, 5.74) is 5.59. The van der Waals surface area contributed by atoms with Gasteiger partial charge < -0.3 is 15.4 Å². The summed E-state index contributed by atoms with van der Waals surface area (Å²) < 4.78 is 5.91. The van der Waals surface area contributed by atoms with E-state index in [-0.39, 0.29) is 6.10 Å². The Hall–Kier alpha value is -1.10. The average Bonchev–Trinajstić information content (AvgIpc) is 2.48. The van der Waals surface area contributed by atoms with Crippen LogP contribution in [0, 0.1) is 0 Å². The Labute approximate surface area is 122 Å². The molecule has 1 heterocycles. The molecule has 1 saturated heterocycles. The minimum absolute atomic E-state index is 0.263. The molecule has 1 aromatic rings. The fourth-order valence-corrected chi connectivity index (χ4v) is 2.57. The molecule has 2 N–H and O–H groups in total. The van der Waals surface area contributed by atoms with Crippen LogP contribution in [0.3, 0.4) is 0 Å². The lowest BCUT2D eigenvalue weighted by Gasteiger charge is -2.34. The van der Waals surface area contributed by atoms with Crippen molar-refractivity contribution in [1.82, 2.24) is 9.80 Å². The van der Waals surface area contributed by atoms with Crippen molar-refractivity contribution < 1.29 is 4.74 Å². The van der Waals surface area contributed by atoms with E-state index in [9.17, 15) is 0 Å². The summed E-state index contributed by atoms with van der Waals surface area (Å²) in [7, 11) is 0.